The monoisotopic (exact) mass is 389 g/mol. The second-order valence-electron chi connectivity index (χ2n) is 5.14. The molecular weight excluding hydrogens is 370 g/mol. The molecule has 0 unspecified atom stereocenters. The summed E-state index contributed by atoms with van der Waals surface area (Å²) in [5, 5.41) is 5.91. The molecule has 0 radical (unpaired) electrons. The third kappa shape index (κ3) is 5.26. The van der Waals surface area contributed by atoms with E-state index in [0.29, 0.717) is 11.6 Å². The summed E-state index contributed by atoms with van der Waals surface area (Å²) in [5.74, 6) is -0.248. The average molecular weight is 391 g/mol. The Labute approximate surface area is 145 Å². The van der Waals surface area contributed by atoms with Crippen molar-refractivity contribution in [2.75, 3.05) is 26.7 Å². The van der Waals surface area contributed by atoms with E-state index >= 15 is 0 Å². The summed E-state index contributed by atoms with van der Waals surface area (Å²) in [6.07, 6.45) is 1.92. The molecule has 0 saturated carbocycles. The van der Waals surface area contributed by atoms with E-state index in [9.17, 15) is 9.59 Å². The van der Waals surface area contributed by atoms with E-state index in [4.69, 9.17) is 0 Å². The minimum atomic E-state index is -0.227. The van der Waals surface area contributed by atoms with E-state index in [2.05, 4.69) is 26.6 Å². The molecule has 1 heterocycles. The van der Waals surface area contributed by atoms with Crippen LogP contribution in [-0.4, -0.2) is 49.4 Å². The number of hydrogen-bond donors (Lipinski definition) is 2. The number of rotatable bonds is 4. The molecule has 0 bridgehead atoms. The Balaban J connectivity index is 0.00000242. The first-order chi connectivity index (χ1) is 10.1. The van der Waals surface area contributed by atoms with Gasteiger partial charge in [0.1, 0.15) is 0 Å². The average Bonchev–Trinajstić information content (AvgIpc) is 2.52. The lowest BCUT2D eigenvalue weighted by atomic mass is 10.1. The van der Waals surface area contributed by atoms with Crippen molar-refractivity contribution in [3.05, 3.63) is 34.3 Å². The zero-order valence-electron chi connectivity index (χ0n) is 12.5. The van der Waals surface area contributed by atoms with Crippen LogP contribution in [0.5, 0.6) is 0 Å². The van der Waals surface area contributed by atoms with Crippen LogP contribution in [0.3, 0.4) is 0 Å². The summed E-state index contributed by atoms with van der Waals surface area (Å²) in [5.41, 5.74) is 0.547. The Morgan fingerprint density at radius 1 is 1.32 bits per heavy atom. The van der Waals surface area contributed by atoms with Gasteiger partial charge in [-0.1, -0.05) is 22.0 Å². The van der Waals surface area contributed by atoms with Gasteiger partial charge in [0.15, 0.2) is 0 Å². The van der Waals surface area contributed by atoms with E-state index in [1.54, 1.807) is 18.2 Å². The molecule has 2 rings (SSSR count). The normalized spacial score (nSPS) is 15.1. The second-order valence-corrected chi connectivity index (χ2v) is 6.05. The van der Waals surface area contributed by atoms with Gasteiger partial charge in [-0.25, -0.2) is 0 Å². The molecule has 5 nitrogen and oxygen atoms in total. The van der Waals surface area contributed by atoms with Gasteiger partial charge in [0.05, 0.1) is 6.54 Å². The van der Waals surface area contributed by atoms with E-state index in [1.807, 2.05) is 18.0 Å². The first kappa shape index (κ1) is 18.9. The highest BCUT2D eigenvalue weighted by Gasteiger charge is 2.21. The van der Waals surface area contributed by atoms with E-state index in [0.717, 1.165) is 30.4 Å². The van der Waals surface area contributed by atoms with Crippen LogP contribution in [0.4, 0.5) is 0 Å². The van der Waals surface area contributed by atoms with Crippen molar-refractivity contribution in [1.82, 2.24) is 15.5 Å². The summed E-state index contributed by atoms with van der Waals surface area (Å²) in [6, 6.07) is 7.60. The molecule has 1 saturated heterocycles. The second kappa shape index (κ2) is 9.12. The summed E-state index contributed by atoms with van der Waals surface area (Å²) < 4.78 is 0.843. The van der Waals surface area contributed by atoms with Crippen molar-refractivity contribution in [1.29, 1.82) is 0 Å². The summed E-state index contributed by atoms with van der Waals surface area (Å²) >= 11 is 3.32. The lowest BCUT2D eigenvalue weighted by molar-refractivity contribution is -0.131. The number of carbonyl (C=O) groups excluding carboxylic acids is 2. The number of benzene rings is 1. The molecule has 1 fully saturated rings. The maximum atomic E-state index is 12.1. The molecule has 1 aromatic carbocycles. The largest absolute Gasteiger partial charge is 0.343 e. The third-order valence-electron chi connectivity index (χ3n) is 3.74. The Bertz CT molecular complexity index is 519. The third-order valence-corrected chi connectivity index (χ3v) is 4.24. The Morgan fingerprint density at radius 3 is 2.59 bits per heavy atom. The zero-order valence-corrected chi connectivity index (χ0v) is 14.9. The number of amides is 2. The molecule has 22 heavy (non-hydrogen) atoms. The molecule has 1 aliphatic heterocycles. The standard InChI is InChI=1S/C15H20BrN3O2.ClH/c1-17-13-5-7-19(8-6-13)14(20)10-18-15(21)11-3-2-4-12(16)9-11;/h2-4,9,13,17H,5-8,10H2,1H3,(H,18,21);1H. The SMILES string of the molecule is CNC1CCN(C(=O)CNC(=O)c2cccc(Br)c2)CC1.Cl. The van der Waals surface area contributed by atoms with E-state index < -0.39 is 0 Å². The van der Waals surface area contributed by atoms with Gasteiger partial charge >= 0.3 is 0 Å². The lowest BCUT2D eigenvalue weighted by Crippen LogP contribution is -2.47. The predicted molar refractivity (Wildman–Crippen MR) is 92.4 cm³/mol. The molecule has 1 aliphatic rings. The summed E-state index contributed by atoms with van der Waals surface area (Å²) in [4.78, 5) is 25.9. The van der Waals surface area contributed by atoms with Gasteiger partial charge in [-0.15, -0.1) is 12.4 Å². The van der Waals surface area contributed by atoms with Crippen LogP contribution in [0, 0.1) is 0 Å². The fourth-order valence-electron chi connectivity index (χ4n) is 2.42. The molecule has 1 aromatic rings. The van der Waals surface area contributed by atoms with Crippen molar-refractivity contribution in [2.24, 2.45) is 0 Å². The number of halogens is 2. The molecule has 0 aliphatic carbocycles. The van der Waals surface area contributed by atoms with E-state index in [1.165, 1.54) is 0 Å². The first-order valence-electron chi connectivity index (χ1n) is 7.09. The van der Waals surface area contributed by atoms with Crippen molar-refractivity contribution < 1.29 is 9.59 Å². The highest BCUT2D eigenvalue weighted by atomic mass is 79.9. The van der Waals surface area contributed by atoms with Gasteiger partial charge in [-0.3, -0.25) is 9.59 Å². The number of nitrogens with zero attached hydrogens (tertiary/aromatic N) is 1. The van der Waals surface area contributed by atoms with E-state index in [-0.39, 0.29) is 30.8 Å². The smallest absolute Gasteiger partial charge is 0.251 e. The highest BCUT2D eigenvalue weighted by Crippen LogP contribution is 2.12. The van der Waals surface area contributed by atoms with Gasteiger partial charge in [0.2, 0.25) is 5.91 Å². The number of nitrogens with one attached hydrogen (secondary N) is 2. The zero-order chi connectivity index (χ0) is 15.2. The van der Waals surface area contributed by atoms with Gasteiger partial charge in [0, 0.05) is 29.2 Å². The summed E-state index contributed by atoms with van der Waals surface area (Å²) in [7, 11) is 1.94. The molecule has 2 N–H and O–H groups in total. The molecule has 7 heteroatoms. The topological polar surface area (TPSA) is 61.4 Å². The molecular formula is C15H21BrClN3O2. The Hall–Kier alpha value is -1.11. The molecule has 0 aromatic heterocycles. The van der Waals surface area contributed by atoms with Gasteiger partial charge in [0.25, 0.3) is 5.91 Å². The van der Waals surface area contributed by atoms with Crippen molar-refractivity contribution in [2.45, 2.75) is 18.9 Å². The molecule has 2 amide bonds. The summed E-state index contributed by atoms with van der Waals surface area (Å²) in [6.45, 7) is 1.55. The van der Waals surface area contributed by atoms with Crippen LogP contribution in [0.2, 0.25) is 0 Å². The lowest BCUT2D eigenvalue weighted by Gasteiger charge is -2.31. The molecule has 122 valence electrons. The quantitative estimate of drug-likeness (QED) is 0.824. The molecule has 0 atom stereocenters. The number of piperidine rings is 1. The van der Waals surface area contributed by atoms with Crippen LogP contribution in [0.1, 0.15) is 23.2 Å². The Kier molecular flexibility index (Phi) is 7.85. The van der Waals surface area contributed by atoms with Crippen LogP contribution in [0.25, 0.3) is 0 Å². The minimum Gasteiger partial charge on any atom is -0.343 e. The molecule has 0 spiro atoms. The minimum absolute atomic E-state index is 0. The van der Waals surface area contributed by atoms with Crippen molar-refractivity contribution in [3.8, 4) is 0 Å². The number of hydrogen-bond acceptors (Lipinski definition) is 3. The van der Waals surface area contributed by atoms with Gasteiger partial charge in [-0.2, -0.15) is 0 Å². The van der Waals surface area contributed by atoms with Crippen LogP contribution in [-0.2, 0) is 4.79 Å². The maximum absolute atomic E-state index is 12.1. The number of likely N-dealkylation sites (tertiary alicyclic amines) is 1. The highest BCUT2D eigenvalue weighted by molar-refractivity contribution is 9.10. The number of carbonyl (C=O) groups is 2. The van der Waals surface area contributed by atoms with Crippen LogP contribution < -0.4 is 10.6 Å². The van der Waals surface area contributed by atoms with Crippen molar-refractivity contribution in [3.63, 3.8) is 0 Å². The fraction of sp³-hybridized carbons (Fsp3) is 0.467. The van der Waals surface area contributed by atoms with Gasteiger partial charge in [-0.05, 0) is 38.1 Å². The first-order valence-corrected chi connectivity index (χ1v) is 7.88. The predicted octanol–water partition coefficient (Wildman–Crippen LogP) is 1.81. The van der Waals surface area contributed by atoms with Gasteiger partial charge < -0.3 is 15.5 Å². The van der Waals surface area contributed by atoms with Crippen LogP contribution in [0.15, 0.2) is 28.7 Å². The van der Waals surface area contributed by atoms with Crippen LogP contribution >= 0.6 is 28.3 Å². The maximum Gasteiger partial charge on any atom is 0.251 e. The van der Waals surface area contributed by atoms with Crippen molar-refractivity contribution >= 4 is 40.2 Å². The fourth-order valence-corrected chi connectivity index (χ4v) is 2.82. The Morgan fingerprint density at radius 2 is 2.00 bits per heavy atom.